The van der Waals surface area contributed by atoms with Crippen LogP contribution in [-0.4, -0.2) is 46.8 Å². The van der Waals surface area contributed by atoms with Crippen LogP contribution in [-0.2, 0) is 43.1 Å². The molecule has 5 aromatic rings. The molecule has 9 nitrogen and oxygen atoms in total. The molecule has 6 atom stereocenters. The lowest BCUT2D eigenvalue weighted by Crippen LogP contribution is -2.66. The molecule has 2 unspecified atom stereocenters. The Kier molecular flexibility index (Phi) is 11.9. The van der Waals surface area contributed by atoms with Crippen LogP contribution >= 0.6 is 7.82 Å². The zero-order valence-corrected chi connectivity index (χ0v) is 27.6. The SMILES string of the molecule is O=P(Oc1ccccc1)(Oc1ccccc1)OC1[C@H](OCc2ccccc2)[C@H](O)C(OCc2ccccc2)[C@H](O)[C@H]1OCc1ccccc1. The minimum absolute atomic E-state index is 0.0682. The Bertz CT molecular complexity index is 1630. The number of hydrogen-bond donors (Lipinski definition) is 2. The summed E-state index contributed by atoms with van der Waals surface area (Å²) in [7, 11) is -4.56. The minimum Gasteiger partial charge on any atom is -0.395 e. The highest BCUT2D eigenvalue weighted by Gasteiger charge is 2.56. The molecule has 0 bridgehead atoms. The van der Waals surface area contributed by atoms with E-state index in [9.17, 15) is 14.8 Å². The summed E-state index contributed by atoms with van der Waals surface area (Å²) >= 11 is 0. The van der Waals surface area contributed by atoms with E-state index in [1.807, 2.05) is 91.0 Å². The maximum absolute atomic E-state index is 14.7. The Morgan fingerprint density at radius 2 is 0.735 bits per heavy atom. The van der Waals surface area contributed by atoms with Gasteiger partial charge in [0.2, 0.25) is 0 Å². The van der Waals surface area contributed by atoms with E-state index in [-0.39, 0.29) is 31.3 Å². The molecular formula is C39H39O9P. The second-order valence-electron chi connectivity index (χ2n) is 11.6. The first-order valence-corrected chi connectivity index (χ1v) is 17.5. The predicted octanol–water partition coefficient (Wildman–Crippen LogP) is 7.13. The molecule has 0 aliphatic heterocycles. The van der Waals surface area contributed by atoms with E-state index in [0.29, 0.717) is 0 Å². The van der Waals surface area contributed by atoms with Crippen molar-refractivity contribution >= 4 is 7.82 Å². The molecule has 254 valence electrons. The van der Waals surface area contributed by atoms with E-state index in [0.717, 1.165) is 16.7 Å². The zero-order chi connectivity index (χ0) is 33.9. The lowest BCUT2D eigenvalue weighted by molar-refractivity contribution is -0.258. The third-order valence-electron chi connectivity index (χ3n) is 8.02. The summed E-state index contributed by atoms with van der Waals surface area (Å²) in [6.45, 7) is 0.242. The molecule has 1 aliphatic rings. The first-order valence-electron chi connectivity index (χ1n) is 16.1. The molecule has 0 aromatic heterocycles. The third-order valence-corrected chi connectivity index (χ3v) is 9.39. The Balaban J connectivity index is 1.36. The summed E-state index contributed by atoms with van der Waals surface area (Å²) in [6.07, 6.45) is -7.82. The first kappa shape index (κ1) is 34.5. The number of benzene rings is 5. The number of para-hydroxylation sites is 2. The highest BCUT2D eigenvalue weighted by atomic mass is 31.2. The van der Waals surface area contributed by atoms with Gasteiger partial charge in [-0.1, -0.05) is 127 Å². The summed E-state index contributed by atoms with van der Waals surface area (Å²) < 4.78 is 51.8. The van der Waals surface area contributed by atoms with Crippen molar-refractivity contribution in [2.75, 3.05) is 0 Å². The Labute approximate surface area is 286 Å². The van der Waals surface area contributed by atoms with Crippen molar-refractivity contribution in [1.29, 1.82) is 0 Å². The molecule has 1 saturated carbocycles. The Morgan fingerprint density at radius 1 is 0.429 bits per heavy atom. The molecular weight excluding hydrogens is 643 g/mol. The number of hydrogen-bond acceptors (Lipinski definition) is 9. The summed E-state index contributed by atoms with van der Waals surface area (Å²) in [5.74, 6) is 0.456. The number of ether oxygens (including phenoxy) is 3. The number of phosphoric ester groups is 1. The topological polar surface area (TPSA) is 113 Å². The van der Waals surface area contributed by atoms with Crippen LogP contribution in [0.5, 0.6) is 11.5 Å². The predicted molar refractivity (Wildman–Crippen MR) is 184 cm³/mol. The maximum Gasteiger partial charge on any atom is 0.588 e. The Hall–Kier alpha value is -4.31. The lowest BCUT2D eigenvalue weighted by Gasteiger charge is -2.46. The van der Waals surface area contributed by atoms with Gasteiger partial charge in [-0.3, -0.25) is 4.52 Å². The first-order chi connectivity index (χ1) is 24.0. The smallest absolute Gasteiger partial charge is 0.395 e. The third kappa shape index (κ3) is 9.44. The quantitative estimate of drug-likeness (QED) is 0.111. The van der Waals surface area contributed by atoms with E-state index in [2.05, 4.69) is 0 Å². The molecule has 1 fully saturated rings. The molecule has 0 heterocycles. The molecule has 10 heteroatoms. The van der Waals surface area contributed by atoms with Crippen molar-refractivity contribution < 1.29 is 42.6 Å². The van der Waals surface area contributed by atoms with Crippen LogP contribution in [0.2, 0.25) is 0 Å². The van der Waals surface area contributed by atoms with Crippen molar-refractivity contribution in [3.05, 3.63) is 168 Å². The van der Waals surface area contributed by atoms with Gasteiger partial charge >= 0.3 is 7.82 Å². The van der Waals surface area contributed by atoms with Crippen molar-refractivity contribution in [2.24, 2.45) is 0 Å². The van der Waals surface area contributed by atoms with Crippen molar-refractivity contribution in [1.82, 2.24) is 0 Å². The zero-order valence-electron chi connectivity index (χ0n) is 26.7. The summed E-state index contributed by atoms with van der Waals surface area (Å²) in [5.41, 5.74) is 2.50. The average molecular weight is 683 g/mol. The van der Waals surface area contributed by atoms with Gasteiger partial charge in [-0.25, -0.2) is 4.57 Å². The summed E-state index contributed by atoms with van der Waals surface area (Å²) in [5, 5.41) is 23.8. The summed E-state index contributed by atoms with van der Waals surface area (Å²) in [6, 6.07) is 45.2. The van der Waals surface area contributed by atoms with Crippen molar-refractivity contribution in [3.8, 4) is 11.5 Å². The molecule has 2 N–H and O–H groups in total. The fourth-order valence-electron chi connectivity index (χ4n) is 5.59. The molecule has 0 spiro atoms. The van der Waals surface area contributed by atoms with Crippen LogP contribution in [0.3, 0.4) is 0 Å². The molecule has 0 amide bonds. The van der Waals surface area contributed by atoms with Gasteiger partial charge in [0.1, 0.15) is 48.1 Å². The fraction of sp³-hybridized carbons (Fsp3) is 0.231. The van der Waals surface area contributed by atoms with Gasteiger partial charge in [0.25, 0.3) is 0 Å². The van der Waals surface area contributed by atoms with E-state index in [1.165, 1.54) is 0 Å². The Morgan fingerprint density at radius 3 is 1.08 bits per heavy atom. The van der Waals surface area contributed by atoms with Crippen LogP contribution in [0.1, 0.15) is 16.7 Å². The van der Waals surface area contributed by atoms with Gasteiger partial charge < -0.3 is 33.5 Å². The average Bonchev–Trinajstić information content (AvgIpc) is 3.13. The van der Waals surface area contributed by atoms with E-state index in [1.54, 1.807) is 60.7 Å². The van der Waals surface area contributed by atoms with Crippen LogP contribution in [0, 0.1) is 0 Å². The number of rotatable bonds is 15. The molecule has 49 heavy (non-hydrogen) atoms. The highest BCUT2D eigenvalue weighted by molar-refractivity contribution is 7.49. The summed E-state index contributed by atoms with van der Waals surface area (Å²) in [4.78, 5) is 0. The van der Waals surface area contributed by atoms with Gasteiger partial charge in [-0.05, 0) is 41.0 Å². The van der Waals surface area contributed by atoms with Gasteiger partial charge in [0, 0.05) is 0 Å². The fourth-order valence-corrected chi connectivity index (χ4v) is 7.01. The normalized spacial score (nSPS) is 22.3. The molecule has 5 aromatic carbocycles. The number of aliphatic hydroxyl groups excluding tert-OH is 2. The second kappa shape index (κ2) is 16.9. The van der Waals surface area contributed by atoms with E-state index in [4.69, 9.17) is 27.8 Å². The van der Waals surface area contributed by atoms with Gasteiger partial charge in [-0.15, -0.1) is 0 Å². The van der Waals surface area contributed by atoms with E-state index < -0.39 is 44.4 Å². The molecule has 1 aliphatic carbocycles. The minimum atomic E-state index is -4.56. The highest BCUT2D eigenvalue weighted by Crippen LogP contribution is 2.53. The second-order valence-corrected chi connectivity index (χ2v) is 13.1. The standard InChI is InChI=1S/C39H39O9P/c40-34-36(43-26-29-16-6-1-7-17-29)35(41)38(45-28-31-20-10-3-11-21-31)39(37(34)44-27-30-18-8-2-9-19-30)48-49(42,46-32-22-12-4-13-23-32)47-33-24-14-5-15-25-33/h1-25,34-41H,26-28H2/t34-,35+,36?,37-,38-,39?/m1/s1. The van der Waals surface area contributed by atoms with Crippen molar-refractivity contribution in [3.63, 3.8) is 0 Å². The number of phosphoric acid groups is 1. The number of aliphatic hydroxyl groups is 2. The van der Waals surface area contributed by atoms with Crippen molar-refractivity contribution in [2.45, 2.75) is 56.4 Å². The monoisotopic (exact) mass is 682 g/mol. The molecule has 0 radical (unpaired) electrons. The van der Waals surface area contributed by atoms with Gasteiger partial charge in [0.05, 0.1) is 19.8 Å². The molecule has 0 saturated heterocycles. The van der Waals surface area contributed by atoms with Gasteiger partial charge in [-0.2, -0.15) is 0 Å². The molecule has 6 rings (SSSR count). The lowest BCUT2D eigenvalue weighted by atomic mass is 9.84. The van der Waals surface area contributed by atoms with Crippen LogP contribution < -0.4 is 9.05 Å². The van der Waals surface area contributed by atoms with Crippen LogP contribution in [0.4, 0.5) is 0 Å². The maximum atomic E-state index is 14.7. The van der Waals surface area contributed by atoms with Crippen LogP contribution in [0.15, 0.2) is 152 Å². The van der Waals surface area contributed by atoms with Gasteiger partial charge in [0.15, 0.2) is 0 Å². The van der Waals surface area contributed by atoms with Crippen LogP contribution in [0.25, 0.3) is 0 Å². The van der Waals surface area contributed by atoms with E-state index >= 15 is 0 Å². The largest absolute Gasteiger partial charge is 0.588 e.